The minimum atomic E-state index is 0.326. The number of hydrogen-bond acceptors (Lipinski definition) is 1. The molecule has 0 spiro atoms. The Morgan fingerprint density at radius 3 is 2.00 bits per heavy atom. The van der Waals surface area contributed by atoms with Crippen LogP contribution in [0.2, 0.25) is 0 Å². The Hall–Kier alpha value is -0.0400. The molecule has 0 amide bonds. The second-order valence-electron chi connectivity index (χ2n) is 5.65. The Kier molecular flexibility index (Phi) is 1.74. The molecule has 0 aromatic carbocycles. The van der Waals surface area contributed by atoms with Crippen LogP contribution in [0.1, 0.15) is 44.9 Å². The molecule has 4 saturated carbocycles. The Morgan fingerprint density at radius 1 is 0.923 bits per heavy atom. The molecule has 0 aromatic heterocycles. The molecule has 0 heterocycles. The zero-order valence-electron chi connectivity index (χ0n) is 8.59. The molecule has 0 N–H and O–H groups in total. The second-order valence-corrected chi connectivity index (χ2v) is 5.65. The molecule has 1 nitrogen and oxygen atoms in total. The number of fused-ring (bicyclic) bond motifs is 1. The van der Waals surface area contributed by atoms with Crippen molar-refractivity contribution in [3.63, 3.8) is 0 Å². The zero-order valence-corrected chi connectivity index (χ0v) is 8.59. The van der Waals surface area contributed by atoms with Gasteiger partial charge in [-0.3, -0.25) is 0 Å². The maximum atomic E-state index is 5.83. The van der Waals surface area contributed by atoms with Gasteiger partial charge in [0.25, 0.3) is 0 Å². The Labute approximate surface area is 80.8 Å². The fourth-order valence-corrected chi connectivity index (χ4v) is 4.36. The molecule has 4 bridgehead atoms. The summed E-state index contributed by atoms with van der Waals surface area (Å²) < 4.78 is 5.83. The summed E-state index contributed by atoms with van der Waals surface area (Å²) in [6, 6.07) is 0. The van der Waals surface area contributed by atoms with E-state index in [2.05, 4.69) is 0 Å². The van der Waals surface area contributed by atoms with Crippen molar-refractivity contribution in [3.8, 4) is 0 Å². The van der Waals surface area contributed by atoms with Crippen LogP contribution in [-0.2, 0) is 4.74 Å². The van der Waals surface area contributed by atoms with Gasteiger partial charge in [0.1, 0.15) is 0 Å². The lowest BCUT2D eigenvalue weighted by molar-refractivity contribution is -0.0999. The van der Waals surface area contributed by atoms with E-state index in [1.54, 1.807) is 0 Å². The van der Waals surface area contributed by atoms with Gasteiger partial charge in [-0.25, -0.2) is 0 Å². The third-order valence-corrected chi connectivity index (χ3v) is 4.73. The highest BCUT2D eigenvalue weighted by Crippen LogP contribution is 2.54. The van der Waals surface area contributed by atoms with Crippen LogP contribution in [-0.4, -0.2) is 12.7 Å². The van der Waals surface area contributed by atoms with Crippen molar-refractivity contribution in [2.45, 2.75) is 50.5 Å². The first-order valence-corrected chi connectivity index (χ1v) is 5.85. The van der Waals surface area contributed by atoms with Crippen molar-refractivity contribution in [1.29, 1.82) is 0 Å². The summed E-state index contributed by atoms with van der Waals surface area (Å²) in [5, 5.41) is 0. The molecule has 0 aliphatic heterocycles. The average molecular weight is 180 g/mol. The molecule has 4 fully saturated rings. The molecule has 4 aliphatic carbocycles. The van der Waals surface area contributed by atoms with Gasteiger partial charge in [0, 0.05) is 7.11 Å². The predicted octanol–water partition coefficient (Wildman–Crippen LogP) is 2.99. The lowest BCUT2D eigenvalue weighted by Crippen LogP contribution is -2.44. The Morgan fingerprint density at radius 2 is 1.46 bits per heavy atom. The summed E-state index contributed by atoms with van der Waals surface area (Å²) in [6.45, 7) is 0. The lowest BCUT2D eigenvalue weighted by Gasteiger charge is -2.47. The number of rotatable bonds is 1. The SMILES string of the molecule is COC12CC3C[C@@H](CC[C@@H](C3)C1)C2. The van der Waals surface area contributed by atoms with E-state index in [1.165, 1.54) is 44.9 Å². The first kappa shape index (κ1) is 8.28. The Balaban J connectivity index is 1.92. The topological polar surface area (TPSA) is 9.23 Å². The van der Waals surface area contributed by atoms with Crippen LogP contribution in [0.4, 0.5) is 0 Å². The van der Waals surface area contributed by atoms with Gasteiger partial charge in [-0.1, -0.05) is 12.8 Å². The maximum absolute atomic E-state index is 5.83. The average Bonchev–Trinajstić information content (AvgIpc) is 2.33. The number of ether oxygens (including phenoxy) is 1. The number of methoxy groups -OCH3 is 1. The minimum Gasteiger partial charge on any atom is -0.378 e. The third-order valence-electron chi connectivity index (χ3n) is 4.73. The van der Waals surface area contributed by atoms with Gasteiger partial charge in [0.2, 0.25) is 0 Å². The fraction of sp³-hybridized carbons (Fsp3) is 1.00. The normalized spacial score (nSPS) is 53.8. The van der Waals surface area contributed by atoms with E-state index in [4.69, 9.17) is 4.74 Å². The smallest absolute Gasteiger partial charge is 0.0686 e. The van der Waals surface area contributed by atoms with Gasteiger partial charge in [-0.05, 0) is 49.9 Å². The van der Waals surface area contributed by atoms with Gasteiger partial charge in [0.15, 0.2) is 0 Å². The van der Waals surface area contributed by atoms with Crippen molar-refractivity contribution in [3.05, 3.63) is 0 Å². The second kappa shape index (κ2) is 2.73. The summed E-state index contributed by atoms with van der Waals surface area (Å²) in [4.78, 5) is 0. The molecule has 0 saturated heterocycles. The van der Waals surface area contributed by atoms with E-state index >= 15 is 0 Å². The van der Waals surface area contributed by atoms with Crippen LogP contribution in [0.5, 0.6) is 0 Å². The summed E-state index contributed by atoms with van der Waals surface area (Å²) in [6.07, 6.45) is 10.1. The van der Waals surface area contributed by atoms with E-state index < -0.39 is 0 Å². The molecule has 1 heteroatoms. The summed E-state index contributed by atoms with van der Waals surface area (Å²) >= 11 is 0. The van der Waals surface area contributed by atoms with Gasteiger partial charge in [-0.15, -0.1) is 0 Å². The molecule has 4 atom stereocenters. The monoisotopic (exact) mass is 180 g/mol. The predicted molar refractivity (Wildman–Crippen MR) is 52.5 cm³/mol. The van der Waals surface area contributed by atoms with Crippen LogP contribution in [0.25, 0.3) is 0 Å². The molecule has 13 heavy (non-hydrogen) atoms. The Bertz CT molecular complexity index is 195. The van der Waals surface area contributed by atoms with Crippen LogP contribution < -0.4 is 0 Å². The molecule has 0 aromatic rings. The van der Waals surface area contributed by atoms with Crippen molar-refractivity contribution in [2.75, 3.05) is 7.11 Å². The van der Waals surface area contributed by atoms with E-state index in [1.807, 2.05) is 7.11 Å². The highest BCUT2D eigenvalue weighted by molar-refractivity contribution is 5.00. The molecule has 4 rings (SSSR count). The van der Waals surface area contributed by atoms with Crippen LogP contribution in [0, 0.1) is 17.8 Å². The van der Waals surface area contributed by atoms with Crippen molar-refractivity contribution in [1.82, 2.24) is 0 Å². The largest absolute Gasteiger partial charge is 0.378 e. The van der Waals surface area contributed by atoms with Gasteiger partial charge < -0.3 is 4.74 Å². The molecule has 4 aliphatic rings. The highest BCUT2D eigenvalue weighted by Gasteiger charge is 2.48. The van der Waals surface area contributed by atoms with Crippen LogP contribution in [0.3, 0.4) is 0 Å². The number of hydrogen-bond donors (Lipinski definition) is 0. The lowest BCUT2D eigenvalue weighted by atomic mass is 9.65. The van der Waals surface area contributed by atoms with E-state index in [-0.39, 0.29) is 0 Å². The van der Waals surface area contributed by atoms with Crippen molar-refractivity contribution >= 4 is 0 Å². The summed E-state index contributed by atoms with van der Waals surface area (Å²) in [5.74, 6) is 3.03. The standard InChI is InChI=1S/C12H20O/c1-13-12-6-9-2-3-10(7-12)5-11(4-9)8-12/h9-11H,2-8H2,1H3/t9-,10+,11?,12?. The van der Waals surface area contributed by atoms with Crippen molar-refractivity contribution in [2.24, 2.45) is 17.8 Å². The quantitative estimate of drug-likeness (QED) is 0.602. The minimum absolute atomic E-state index is 0.326. The third kappa shape index (κ3) is 1.24. The van der Waals surface area contributed by atoms with E-state index in [0.717, 1.165) is 17.8 Å². The summed E-state index contributed by atoms with van der Waals surface area (Å²) in [7, 11) is 1.94. The fourth-order valence-electron chi connectivity index (χ4n) is 4.36. The van der Waals surface area contributed by atoms with E-state index in [9.17, 15) is 0 Å². The van der Waals surface area contributed by atoms with Crippen molar-refractivity contribution < 1.29 is 4.74 Å². The highest BCUT2D eigenvalue weighted by atomic mass is 16.5. The molecule has 0 radical (unpaired) electrons. The van der Waals surface area contributed by atoms with Crippen LogP contribution >= 0.6 is 0 Å². The zero-order chi connectivity index (χ0) is 8.89. The van der Waals surface area contributed by atoms with Gasteiger partial charge >= 0.3 is 0 Å². The molecule has 2 unspecified atom stereocenters. The molecular formula is C12H20O. The van der Waals surface area contributed by atoms with Crippen LogP contribution in [0.15, 0.2) is 0 Å². The first-order valence-electron chi connectivity index (χ1n) is 5.85. The molecular weight excluding hydrogens is 160 g/mol. The van der Waals surface area contributed by atoms with E-state index in [0.29, 0.717) is 5.60 Å². The van der Waals surface area contributed by atoms with Gasteiger partial charge in [-0.2, -0.15) is 0 Å². The molecule has 74 valence electrons. The van der Waals surface area contributed by atoms with Gasteiger partial charge in [0.05, 0.1) is 5.60 Å². The maximum Gasteiger partial charge on any atom is 0.0686 e. The summed E-state index contributed by atoms with van der Waals surface area (Å²) in [5.41, 5.74) is 0.326. The first-order chi connectivity index (χ1) is 6.30.